The van der Waals surface area contributed by atoms with Crippen LogP contribution in [0.2, 0.25) is 0 Å². The molecule has 0 amide bonds. The van der Waals surface area contributed by atoms with Crippen LogP contribution in [0.1, 0.15) is 76.3 Å². The standard InChI is InChI=1S/C31H40O/c1-4-6-7-8-9-10-11-12-13-26-14-19-30(24-25(26)3)29-17-15-27(16-18-29)28-20-22-31(23-21-28)32-5-2/h14-24H,4-13H2,1-3H3. The maximum Gasteiger partial charge on any atom is 0.119 e. The Balaban J connectivity index is 1.53. The van der Waals surface area contributed by atoms with E-state index in [-0.39, 0.29) is 0 Å². The second-order valence-electron chi connectivity index (χ2n) is 8.90. The highest BCUT2D eigenvalue weighted by atomic mass is 16.5. The van der Waals surface area contributed by atoms with Crippen molar-refractivity contribution in [1.82, 2.24) is 0 Å². The largest absolute Gasteiger partial charge is 0.494 e. The van der Waals surface area contributed by atoms with Gasteiger partial charge >= 0.3 is 0 Å². The second-order valence-corrected chi connectivity index (χ2v) is 8.90. The summed E-state index contributed by atoms with van der Waals surface area (Å²) in [5, 5.41) is 0. The second kappa shape index (κ2) is 13.1. The normalized spacial score (nSPS) is 11.0. The molecule has 0 unspecified atom stereocenters. The molecule has 0 radical (unpaired) electrons. The molecule has 170 valence electrons. The maximum atomic E-state index is 5.55. The van der Waals surface area contributed by atoms with Crippen molar-refractivity contribution < 1.29 is 4.74 Å². The zero-order chi connectivity index (χ0) is 22.6. The van der Waals surface area contributed by atoms with Gasteiger partial charge in [-0.05, 0) is 72.2 Å². The van der Waals surface area contributed by atoms with Gasteiger partial charge < -0.3 is 4.74 Å². The molecule has 0 fully saturated rings. The highest BCUT2D eigenvalue weighted by Crippen LogP contribution is 2.28. The quantitative estimate of drug-likeness (QED) is 0.246. The van der Waals surface area contributed by atoms with Gasteiger partial charge in [-0.15, -0.1) is 0 Å². The Morgan fingerprint density at radius 2 is 1.06 bits per heavy atom. The summed E-state index contributed by atoms with van der Waals surface area (Å²) in [5.41, 5.74) is 7.96. The first-order chi connectivity index (χ1) is 15.7. The number of rotatable bonds is 13. The van der Waals surface area contributed by atoms with Gasteiger partial charge in [-0.3, -0.25) is 0 Å². The Kier molecular flexibility index (Phi) is 9.88. The fourth-order valence-corrected chi connectivity index (χ4v) is 4.37. The third-order valence-corrected chi connectivity index (χ3v) is 6.36. The molecular formula is C31H40O. The van der Waals surface area contributed by atoms with E-state index in [1.807, 2.05) is 19.1 Å². The summed E-state index contributed by atoms with van der Waals surface area (Å²) in [5.74, 6) is 0.926. The van der Waals surface area contributed by atoms with Crippen molar-refractivity contribution in [2.24, 2.45) is 0 Å². The number of benzene rings is 3. The highest BCUT2D eigenvalue weighted by molar-refractivity contribution is 5.71. The van der Waals surface area contributed by atoms with Crippen molar-refractivity contribution in [3.63, 3.8) is 0 Å². The summed E-state index contributed by atoms with van der Waals surface area (Å²) < 4.78 is 5.55. The van der Waals surface area contributed by atoms with Crippen molar-refractivity contribution in [2.75, 3.05) is 6.61 Å². The van der Waals surface area contributed by atoms with Crippen LogP contribution in [0.25, 0.3) is 22.3 Å². The molecule has 0 aliphatic carbocycles. The molecule has 0 N–H and O–H groups in total. The number of unbranched alkanes of at least 4 members (excludes halogenated alkanes) is 7. The Bertz CT molecular complexity index is 922. The summed E-state index contributed by atoms with van der Waals surface area (Å²) >= 11 is 0. The molecule has 3 aromatic carbocycles. The van der Waals surface area contributed by atoms with E-state index in [0.29, 0.717) is 6.61 Å². The van der Waals surface area contributed by atoms with Crippen LogP contribution in [-0.2, 0) is 6.42 Å². The smallest absolute Gasteiger partial charge is 0.119 e. The highest BCUT2D eigenvalue weighted by Gasteiger charge is 2.05. The van der Waals surface area contributed by atoms with Crippen LogP contribution >= 0.6 is 0 Å². The van der Waals surface area contributed by atoms with E-state index < -0.39 is 0 Å². The van der Waals surface area contributed by atoms with Crippen molar-refractivity contribution in [3.8, 4) is 28.0 Å². The van der Waals surface area contributed by atoms with Crippen molar-refractivity contribution in [2.45, 2.75) is 78.6 Å². The van der Waals surface area contributed by atoms with Crippen LogP contribution in [0.3, 0.4) is 0 Å². The summed E-state index contributed by atoms with van der Waals surface area (Å²) in [6, 6.07) is 24.2. The van der Waals surface area contributed by atoms with Gasteiger partial charge in [0.25, 0.3) is 0 Å². The van der Waals surface area contributed by atoms with Gasteiger partial charge in [0, 0.05) is 0 Å². The van der Waals surface area contributed by atoms with E-state index in [9.17, 15) is 0 Å². The first-order valence-electron chi connectivity index (χ1n) is 12.6. The zero-order valence-electron chi connectivity index (χ0n) is 20.3. The lowest BCUT2D eigenvalue weighted by atomic mass is 9.95. The molecule has 0 heterocycles. The molecule has 0 aromatic heterocycles. The summed E-state index contributed by atoms with van der Waals surface area (Å²) in [4.78, 5) is 0. The molecule has 0 saturated heterocycles. The molecule has 0 aliphatic heterocycles. The van der Waals surface area contributed by atoms with Gasteiger partial charge in [-0.25, -0.2) is 0 Å². The number of aryl methyl sites for hydroxylation is 2. The lowest BCUT2D eigenvalue weighted by Crippen LogP contribution is -1.92. The molecule has 0 saturated carbocycles. The fourth-order valence-electron chi connectivity index (χ4n) is 4.37. The molecule has 1 nitrogen and oxygen atoms in total. The number of hydrogen-bond acceptors (Lipinski definition) is 1. The van der Waals surface area contributed by atoms with E-state index in [1.165, 1.54) is 91.2 Å². The monoisotopic (exact) mass is 428 g/mol. The van der Waals surface area contributed by atoms with Crippen LogP contribution in [-0.4, -0.2) is 6.61 Å². The Hall–Kier alpha value is -2.54. The Morgan fingerprint density at radius 1 is 0.562 bits per heavy atom. The summed E-state index contributed by atoms with van der Waals surface area (Å²) in [6.45, 7) is 7.26. The lowest BCUT2D eigenvalue weighted by Gasteiger charge is -2.10. The van der Waals surface area contributed by atoms with E-state index >= 15 is 0 Å². The van der Waals surface area contributed by atoms with Crippen LogP contribution in [0.5, 0.6) is 5.75 Å². The molecule has 3 aromatic rings. The molecular weight excluding hydrogens is 388 g/mol. The molecule has 0 spiro atoms. The first-order valence-corrected chi connectivity index (χ1v) is 12.6. The molecule has 0 atom stereocenters. The number of hydrogen-bond donors (Lipinski definition) is 0. The third-order valence-electron chi connectivity index (χ3n) is 6.36. The number of ether oxygens (including phenoxy) is 1. The first kappa shape index (κ1) is 24.1. The molecule has 1 heteroatoms. The lowest BCUT2D eigenvalue weighted by molar-refractivity contribution is 0.340. The Morgan fingerprint density at radius 3 is 1.62 bits per heavy atom. The SMILES string of the molecule is CCCCCCCCCCc1ccc(-c2ccc(-c3ccc(OCC)cc3)cc2)cc1C. The van der Waals surface area contributed by atoms with Crippen molar-refractivity contribution in [3.05, 3.63) is 77.9 Å². The average Bonchev–Trinajstić information content (AvgIpc) is 2.82. The van der Waals surface area contributed by atoms with Gasteiger partial charge in [-0.1, -0.05) is 106 Å². The topological polar surface area (TPSA) is 9.23 Å². The van der Waals surface area contributed by atoms with E-state index in [4.69, 9.17) is 4.74 Å². The van der Waals surface area contributed by atoms with E-state index in [2.05, 4.69) is 68.4 Å². The zero-order valence-corrected chi connectivity index (χ0v) is 20.3. The predicted octanol–water partition coefficient (Wildman–Crippen LogP) is 9.41. The third kappa shape index (κ3) is 7.26. The van der Waals surface area contributed by atoms with Crippen molar-refractivity contribution in [1.29, 1.82) is 0 Å². The summed E-state index contributed by atoms with van der Waals surface area (Å²) in [6.07, 6.45) is 12.2. The molecule has 32 heavy (non-hydrogen) atoms. The van der Waals surface area contributed by atoms with E-state index in [0.717, 1.165) is 5.75 Å². The van der Waals surface area contributed by atoms with Crippen LogP contribution in [0, 0.1) is 6.92 Å². The van der Waals surface area contributed by atoms with Crippen LogP contribution < -0.4 is 4.74 Å². The molecule has 0 aliphatic rings. The Labute approximate surface area is 195 Å². The fraction of sp³-hybridized carbons (Fsp3) is 0.419. The van der Waals surface area contributed by atoms with Gasteiger partial charge in [0.2, 0.25) is 0 Å². The van der Waals surface area contributed by atoms with Crippen LogP contribution in [0.4, 0.5) is 0 Å². The predicted molar refractivity (Wildman–Crippen MR) is 140 cm³/mol. The minimum Gasteiger partial charge on any atom is -0.494 e. The summed E-state index contributed by atoms with van der Waals surface area (Å²) in [7, 11) is 0. The van der Waals surface area contributed by atoms with Gasteiger partial charge in [-0.2, -0.15) is 0 Å². The van der Waals surface area contributed by atoms with E-state index in [1.54, 1.807) is 0 Å². The minimum atomic E-state index is 0.700. The molecule has 3 rings (SSSR count). The maximum absolute atomic E-state index is 5.55. The minimum absolute atomic E-state index is 0.700. The van der Waals surface area contributed by atoms with Crippen LogP contribution in [0.15, 0.2) is 66.7 Å². The van der Waals surface area contributed by atoms with Gasteiger partial charge in [0.15, 0.2) is 0 Å². The van der Waals surface area contributed by atoms with Gasteiger partial charge in [0.05, 0.1) is 6.61 Å². The van der Waals surface area contributed by atoms with Gasteiger partial charge in [0.1, 0.15) is 5.75 Å². The average molecular weight is 429 g/mol. The molecule has 0 bridgehead atoms. The van der Waals surface area contributed by atoms with Crippen molar-refractivity contribution >= 4 is 0 Å².